The number of nitrogens with zero attached hydrogens (tertiary/aromatic N) is 3. The third-order valence-corrected chi connectivity index (χ3v) is 6.71. The van der Waals surface area contributed by atoms with E-state index in [1.54, 1.807) is 0 Å². The molecule has 1 fully saturated rings. The molecule has 6 nitrogen and oxygen atoms in total. The first-order valence-electron chi connectivity index (χ1n) is 10.9. The molecule has 1 unspecified atom stereocenters. The van der Waals surface area contributed by atoms with Crippen LogP contribution in [0.5, 0.6) is 11.5 Å². The lowest BCUT2D eigenvalue weighted by molar-refractivity contribution is -0.139. The third kappa shape index (κ3) is 3.61. The van der Waals surface area contributed by atoms with Gasteiger partial charge >= 0.3 is 0 Å². The summed E-state index contributed by atoms with van der Waals surface area (Å²) in [6.07, 6.45) is 9.27. The number of carbonyl (C=O) groups is 1. The predicted molar refractivity (Wildman–Crippen MR) is 109 cm³/mol. The van der Waals surface area contributed by atoms with Crippen LogP contribution in [0, 0.1) is 5.92 Å². The van der Waals surface area contributed by atoms with Gasteiger partial charge in [-0.25, -0.2) is 0 Å². The highest BCUT2D eigenvalue weighted by Gasteiger charge is 2.34. The predicted octanol–water partition coefficient (Wildman–Crippen LogP) is 3.27. The SMILES string of the molecule is Cn1ncc2c1CC(C(=O)N(Cc1ccc3c(c1)OCCO3)C1CCCC1)CC2. The Bertz CT molecular complexity index is 901. The molecule has 3 aliphatic rings. The average molecular weight is 396 g/mol. The van der Waals surface area contributed by atoms with Crippen molar-refractivity contribution in [2.45, 2.75) is 57.5 Å². The minimum atomic E-state index is 0.0516. The number of aryl methyl sites for hydroxylation is 2. The summed E-state index contributed by atoms with van der Waals surface area (Å²) >= 11 is 0. The number of rotatable bonds is 4. The molecule has 0 N–H and O–H groups in total. The van der Waals surface area contributed by atoms with Gasteiger partial charge in [-0.2, -0.15) is 5.10 Å². The molecular formula is C23H29N3O3. The molecule has 0 bridgehead atoms. The van der Waals surface area contributed by atoms with Gasteiger partial charge in [0, 0.05) is 37.7 Å². The van der Waals surface area contributed by atoms with Crippen molar-refractivity contribution in [3.63, 3.8) is 0 Å². The standard InChI is InChI=1S/C23H29N3O3/c1-25-20-13-17(7-8-18(20)14-24-25)23(27)26(19-4-2-3-5-19)15-16-6-9-21-22(12-16)29-11-10-28-21/h6,9,12,14,17,19H,2-5,7-8,10-11,13,15H2,1H3. The third-order valence-electron chi connectivity index (χ3n) is 6.71. The molecule has 5 rings (SSSR count). The minimum Gasteiger partial charge on any atom is -0.486 e. The second-order valence-electron chi connectivity index (χ2n) is 8.56. The molecule has 1 aromatic carbocycles. The number of hydrogen-bond donors (Lipinski definition) is 0. The van der Waals surface area contributed by atoms with Crippen LogP contribution in [0.1, 0.15) is 48.9 Å². The van der Waals surface area contributed by atoms with Gasteiger partial charge in [-0.15, -0.1) is 0 Å². The molecule has 1 amide bonds. The van der Waals surface area contributed by atoms with Crippen molar-refractivity contribution >= 4 is 5.91 Å². The maximum Gasteiger partial charge on any atom is 0.226 e. The second-order valence-corrected chi connectivity index (χ2v) is 8.56. The Kier molecular flexibility index (Phi) is 4.94. The van der Waals surface area contributed by atoms with E-state index < -0.39 is 0 Å². The smallest absolute Gasteiger partial charge is 0.226 e. The fourth-order valence-electron chi connectivity index (χ4n) is 5.08. The van der Waals surface area contributed by atoms with E-state index in [2.05, 4.69) is 16.1 Å². The zero-order chi connectivity index (χ0) is 19.8. The Morgan fingerprint density at radius 2 is 1.97 bits per heavy atom. The van der Waals surface area contributed by atoms with Gasteiger partial charge in [0.15, 0.2) is 11.5 Å². The van der Waals surface area contributed by atoms with Gasteiger partial charge in [0.1, 0.15) is 13.2 Å². The van der Waals surface area contributed by atoms with E-state index in [0.717, 1.165) is 49.2 Å². The Balaban J connectivity index is 1.37. The number of carbonyl (C=O) groups excluding carboxylic acids is 1. The van der Waals surface area contributed by atoms with Crippen molar-refractivity contribution in [3.05, 3.63) is 41.2 Å². The summed E-state index contributed by atoms with van der Waals surface area (Å²) in [5, 5.41) is 4.39. The summed E-state index contributed by atoms with van der Waals surface area (Å²) in [5.74, 6) is 1.95. The van der Waals surface area contributed by atoms with Crippen molar-refractivity contribution in [3.8, 4) is 11.5 Å². The molecule has 2 aliphatic carbocycles. The van der Waals surface area contributed by atoms with E-state index in [0.29, 0.717) is 31.7 Å². The molecule has 154 valence electrons. The monoisotopic (exact) mass is 395 g/mol. The topological polar surface area (TPSA) is 56.6 Å². The lowest BCUT2D eigenvalue weighted by Crippen LogP contribution is -2.43. The number of amides is 1. The molecule has 1 saturated carbocycles. The first-order valence-corrected chi connectivity index (χ1v) is 10.9. The van der Waals surface area contributed by atoms with Crippen molar-refractivity contribution in [2.75, 3.05) is 13.2 Å². The zero-order valence-corrected chi connectivity index (χ0v) is 17.1. The van der Waals surface area contributed by atoms with E-state index >= 15 is 0 Å². The molecule has 1 aromatic heterocycles. The highest BCUT2D eigenvalue weighted by Crippen LogP contribution is 2.34. The molecule has 1 aliphatic heterocycles. The van der Waals surface area contributed by atoms with Gasteiger partial charge in [-0.3, -0.25) is 9.48 Å². The number of benzene rings is 1. The maximum absolute atomic E-state index is 13.7. The maximum atomic E-state index is 13.7. The Morgan fingerprint density at radius 3 is 2.79 bits per heavy atom. The van der Waals surface area contributed by atoms with Crippen molar-refractivity contribution in [1.82, 2.24) is 14.7 Å². The van der Waals surface area contributed by atoms with Gasteiger partial charge in [0.25, 0.3) is 0 Å². The fraction of sp³-hybridized carbons (Fsp3) is 0.565. The summed E-state index contributed by atoms with van der Waals surface area (Å²) in [4.78, 5) is 15.8. The van der Waals surface area contributed by atoms with Crippen LogP contribution in [0.4, 0.5) is 0 Å². The first kappa shape index (κ1) is 18.5. The van der Waals surface area contributed by atoms with Crippen LogP contribution < -0.4 is 9.47 Å². The lowest BCUT2D eigenvalue weighted by atomic mass is 9.86. The summed E-state index contributed by atoms with van der Waals surface area (Å²) in [6.45, 7) is 1.82. The van der Waals surface area contributed by atoms with E-state index in [9.17, 15) is 4.79 Å². The molecule has 2 aromatic rings. The number of hydrogen-bond acceptors (Lipinski definition) is 4. The summed E-state index contributed by atoms with van der Waals surface area (Å²) < 4.78 is 13.3. The summed E-state index contributed by atoms with van der Waals surface area (Å²) in [5.41, 5.74) is 3.64. The van der Waals surface area contributed by atoms with Crippen LogP contribution in [-0.4, -0.2) is 39.8 Å². The quantitative estimate of drug-likeness (QED) is 0.797. The number of aromatic nitrogens is 2. The van der Waals surface area contributed by atoms with Gasteiger partial charge in [-0.05, 0) is 48.9 Å². The minimum absolute atomic E-state index is 0.0516. The van der Waals surface area contributed by atoms with Gasteiger partial charge in [-0.1, -0.05) is 18.9 Å². The van der Waals surface area contributed by atoms with Gasteiger partial charge in [0.05, 0.1) is 6.20 Å². The first-order chi connectivity index (χ1) is 14.2. The molecule has 6 heteroatoms. The van der Waals surface area contributed by atoms with E-state index in [1.807, 2.05) is 30.1 Å². The number of ether oxygens (including phenoxy) is 2. The molecule has 1 atom stereocenters. The molecule has 2 heterocycles. The lowest BCUT2D eigenvalue weighted by Gasteiger charge is -2.34. The van der Waals surface area contributed by atoms with Crippen LogP contribution in [-0.2, 0) is 31.2 Å². The van der Waals surface area contributed by atoms with Gasteiger partial charge < -0.3 is 14.4 Å². The molecule has 0 saturated heterocycles. The highest BCUT2D eigenvalue weighted by molar-refractivity contribution is 5.80. The Hall–Kier alpha value is -2.50. The van der Waals surface area contributed by atoms with Crippen molar-refractivity contribution in [2.24, 2.45) is 13.0 Å². The largest absolute Gasteiger partial charge is 0.486 e. The highest BCUT2D eigenvalue weighted by atomic mass is 16.6. The molecule has 0 radical (unpaired) electrons. The number of fused-ring (bicyclic) bond motifs is 2. The van der Waals surface area contributed by atoms with Crippen molar-refractivity contribution in [1.29, 1.82) is 0 Å². The second kappa shape index (κ2) is 7.73. The Labute approximate surface area is 171 Å². The van der Waals surface area contributed by atoms with E-state index in [4.69, 9.17) is 9.47 Å². The van der Waals surface area contributed by atoms with Crippen LogP contribution in [0.15, 0.2) is 24.4 Å². The zero-order valence-electron chi connectivity index (χ0n) is 17.1. The van der Waals surface area contributed by atoms with E-state index in [-0.39, 0.29) is 5.92 Å². The Morgan fingerprint density at radius 1 is 1.17 bits per heavy atom. The summed E-state index contributed by atoms with van der Waals surface area (Å²) in [6, 6.07) is 6.44. The summed E-state index contributed by atoms with van der Waals surface area (Å²) in [7, 11) is 1.98. The molecular weight excluding hydrogens is 366 g/mol. The average Bonchev–Trinajstić information content (AvgIpc) is 3.41. The van der Waals surface area contributed by atoms with Crippen LogP contribution in [0.3, 0.4) is 0 Å². The fourth-order valence-corrected chi connectivity index (χ4v) is 5.08. The normalized spacial score (nSPS) is 21.1. The van der Waals surface area contributed by atoms with Gasteiger partial charge in [0.2, 0.25) is 5.91 Å². The van der Waals surface area contributed by atoms with E-state index in [1.165, 1.54) is 24.1 Å². The van der Waals surface area contributed by atoms with Crippen molar-refractivity contribution < 1.29 is 14.3 Å². The molecule has 29 heavy (non-hydrogen) atoms. The van der Waals surface area contributed by atoms with Crippen LogP contribution >= 0.6 is 0 Å². The molecule has 0 spiro atoms. The van der Waals surface area contributed by atoms with Crippen LogP contribution in [0.25, 0.3) is 0 Å². The van der Waals surface area contributed by atoms with Crippen LogP contribution in [0.2, 0.25) is 0 Å².